The van der Waals surface area contributed by atoms with E-state index in [1.807, 2.05) is 24.4 Å². The number of pyridine rings is 1. The zero-order valence-corrected chi connectivity index (χ0v) is 26.1. The third-order valence-electron chi connectivity index (χ3n) is 6.76. The fourth-order valence-electron chi connectivity index (χ4n) is 4.07. The van der Waals surface area contributed by atoms with Gasteiger partial charge in [-0.1, -0.05) is 44.0 Å². The number of rotatable bonds is 12. The van der Waals surface area contributed by atoms with Crippen LogP contribution < -0.4 is 9.61 Å². The Morgan fingerprint density at radius 2 is 1.93 bits per heavy atom. The number of esters is 1. The highest BCUT2D eigenvalue weighted by atomic mass is 32.1. The van der Waals surface area contributed by atoms with Crippen molar-refractivity contribution in [1.82, 2.24) is 19.3 Å². The summed E-state index contributed by atoms with van der Waals surface area (Å²) in [6.45, 7) is 13.7. The first-order valence-corrected chi connectivity index (χ1v) is 17.8. The summed E-state index contributed by atoms with van der Waals surface area (Å²) in [5.74, 6) is 0.899. The topological polar surface area (TPSA) is 97.5 Å². The van der Waals surface area contributed by atoms with Gasteiger partial charge in [-0.2, -0.15) is 5.10 Å². The molecule has 0 saturated heterocycles. The minimum Gasteiger partial charge on any atom is -0.491 e. The number of aromatic nitrogens is 4. The number of carbonyl (C=O) groups excluding carboxylic acids is 1. The average Bonchev–Trinajstić information content (AvgIpc) is 3.53. The lowest BCUT2D eigenvalue weighted by Gasteiger charge is -2.21. The lowest BCUT2D eigenvalue weighted by atomic mass is 9.95. The molecule has 0 radical (unpaired) electrons. The van der Waals surface area contributed by atoms with Crippen molar-refractivity contribution in [2.24, 2.45) is 5.41 Å². The molecule has 0 fully saturated rings. The van der Waals surface area contributed by atoms with E-state index in [4.69, 9.17) is 19.3 Å². The fourth-order valence-corrected chi connectivity index (χ4v) is 5.75. The molecule has 0 spiro atoms. The first-order valence-electron chi connectivity index (χ1n) is 13.3. The highest BCUT2D eigenvalue weighted by Crippen LogP contribution is 2.28. The van der Waals surface area contributed by atoms with Crippen LogP contribution in [-0.4, -0.2) is 53.7 Å². The molecule has 3 heterocycles. The minimum atomic E-state index is -1.18. The normalized spacial score (nSPS) is 13.0. The van der Waals surface area contributed by atoms with Crippen LogP contribution in [0.15, 0.2) is 53.6 Å². The largest absolute Gasteiger partial charge is 0.491 e. The maximum atomic E-state index is 12.7. The summed E-state index contributed by atoms with van der Waals surface area (Å²) >= 11 is 1.24. The minimum absolute atomic E-state index is 0.00977. The third kappa shape index (κ3) is 7.07. The van der Waals surface area contributed by atoms with Crippen molar-refractivity contribution < 1.29 is 19.0 Å². The number of hydrogen-bond donors (Lipinski definition) is 0. The molecule has 3 aromatic heterocycles. The molecule has 214 valence electrons. The number of hydrogen-bond acceptors (Lipinski definition) is 8. The molecule has 1 aromatic carbocycles. The Kier molecular flexibility index (Phi) is 8.96. The second kappa shape index (κ2) is 12.1. The molecule has 0 N–H and O–H groups in total. The number of fused-ring (bicyclic) bond motifs is 1. The van der Waals surface area contributed by atoms with Crippen LogP contribution in [0.4, 0.5) is 0 Å². The molecule has 4 rings (SSSR count). The van der Waals surface area contributed by atoms with Crippen LogP contribution in [0.5, 0.6) is 5.75 Å². The van der Waals surface area contributed by atoms with Crippen LogP contribution in [0, 0.1) is 5.41 Å². The molecule has 40 heavy (non-hydrogen) atoms. The maximum Gasteiger partial charge on any atom is 0.314 e. The van der Waals surface area contributed by atoms with E-state index in [0.717, 1.165) is 27.5 Å². The Hall–Kier alpha value is -3.28. The summed E-state index contributed by atoms with van der Waals surface area (Å²) in [5, 5.41) is 4.75. The van der Waals surface area contributed by atoms with Gasteiger partial charge in [0.2, 0.25) is 0 Å². The van der Waals surface area contributed by atoms with Crippen molar-refractivity contribution >= 4 is 35.6 Å². The van der Waals surface area contributed by atoms with E-state index in [1.165, 1.54) is 18.4 Å². The summed E-state index contributed by atoms with van der Waals surface area (Å²) in [5.41, 5.74) is 2.10. The van der Waals surface area contributed by atoms with Crippen molar-refractivity contribution in [2.75, 3.05) is 20.3 Å². The summed E-state index contributed by atoms with van der Waals surface area (Å²) < 4.78 is 20.8. The van der Waals surface area contributed by atoms with E-state index in [2.05, 4.69) is 43.7 Å². The predicted molar refractivity (Wildman–Crippen MR) is 160 cm³/mol. The zero-order chi connectivity index (χ0) is 29.1. The van der Waals surface area contributed by atoms with E-state index < -0.39 is 13.5 Å². The standard InChI is InChI=1S/C29H38N4O5SSi/c1-20(21-8-10-24-25(16-21)39-28(35)32(24)19-37-14-15-40(5,6)7)23-12-13-33(31-23)26-11-9-22(17-30-26)38-18-29(2,3)27(34)36-4/h8-13,16-17,20H,14-15,18-19H2,1-7H3. The van der Waals surface area contributed by atoms with Gasteiger partial charge in [0.05, 0.1) is 34.6 Å². The van der Waals surface area contributed by atoms with Gasteiger partial charge in [0.1, 0.15) is 19.1 Å². The van der Waals surface area contributed by atoms with Crippen molar-refractivity contribution in [3.05, 3.63) is 69.7 Å². The third-order valence-corrected chi connectivity index (χ3v) is 9.40. The summed E-state index contributed by atoms with van der Waals surface area (Å²) in [6, 6.07) is 12.8. The molecule has 1 unspecified atom stereocenters. The highest BCUT2D eigenvalue weighted by molar-refractivity contribution is 7.16. The molecule has 0 aliphatic heterocycles. The monoisotopic (exact) mass is 582 g/mol. The highest BCUT2D eigenvalue weighted by Gasteiger charge is 2.29. The van der Waals surface area contributed by atoms with Gasteiger partial charge in [-0.05, 0) is 55.8 Å². The zero-order valence-electron chi connectivity index (χ0n) is 24.3. The second-order valence-electron chi connectivity index (χ2n) is 11.8. The van der Waals surface area contributed by atoms with Crippen LogP contribution in [0.25, 0.3) is 16.0 Å². The molecule has 1 atom stereocenters. The lowest BCUT2D eigenvalue weighted by Crippen LogP contribution is -2.32. The van der Waals surface area contributed by atoms with E-state index >= 15 is 0 Å². The van der Waals surface area contributed by atoms with Crippen LogP contribution in [0.2, 0.25) is 25.7 Å². The number of carbonyl (C=O) groups is 1. The molecule has 0 bridgehead atoms. The lowest BCUT2D eigenvalue weighted by molar-refractivity contribution is -0.152. The Morgan fingerprint density at radius 3 is 2.60 bits per heavy atom. The molecule has 9 nitrogen and oxygen atoms in total. The van der Waals surface area contributed by atoms with Crippen molar-refractivity contribution in [3.63, 3.8) is 0 Å². The van der Waals surface area contributed by atoms with E-state index in [-0.39, 0.29) is 30.1 Å². The van der Waals surface area contributed by atoms with Gasteiger partial charge in [0, 0.05) is 26.8 Å². The number of methoxy groups -OCH3 is 1. The average molecular weight is 583 g/mol. The van der Waals surface area contributed by atoms with Crippen molar-refractivity contribution in [2.45, 2.75) is 59.1 Å². The Labute approximate surface area is 239 Å². The van der Waals surface area contributed by atoms with Gasteiger partial charge in [-0.3, -0.25) is 14.2 Å². The van der Waals surface area contributed by atoms with Gasteiger partial charge in [0.25, 0.3) is 0 Å². The SMILES string of the molecule is COC(=O)C(C)(C)COc1ccc(-n2ccc(C(C)c3ccc4c(c3)sc(=O)n4COCC[Si](C)(C)C)n2)nc1. The number of nitrogens with zero attached hydrogens (tertiary/aromatic N) is 4. The predicted octanol–water partition coefficient (Wildman–Crippen LogP) is 5.69. The smallest absolute Gasteiger partial charge is 0.314 e. The van der Waals surface area contributed by atoms with E-state index in [1.54, 1.807) is 35.4 Å². The molecule has 0 amide bonds. The van der Waals surface area contributed by atoms with Crippen LogP contribution >= 0.6 is 11.3 Å². The molecule has 4 aromatic rings. The first-order chi connectivity index (χ1) is 18.9. The molecule has 0 aliphatic carbocycles. The first kappa shape index (κ1) is 29.7. The van der Waals surface area contributed by atoms with Crippen LogP contribution in [-0.2, 0) is 21.0 Å². The van der Waals surface area contributed by atoms with Gasteiger partial charge in [0.15, 0.2) is 5.82 Å². The van der Waals surface area contributed by atoms with Gasteiger partial charge < -0.3 is 14.2 Å². The fraction of sp³-hybridized carbons (Fsp3) is 0.448. The molecular weight excluding hydrogens is 544 g/mol. The summed E-state index contributed by atoms with van der Waals surface area (Å²) in [4.78, 5) is 29.0. The maximum absolute atomic E-state index is 12.7. The number of benzene rings is 1. The number of ether oxygens (including phenoxy) is 3. The van der Waals surface area contributed by atoms with Gasteiger partial charge >= 0.3 is 10.8 Å². The number of thiazole rings is 1. The molecule has 11 heteroatoms. The van der Waals surface area contributed by atoms with Crippen LogP contribution in [0.1, 0.15) is 37.9 Å². The second-order valence-corrected chi connectivity index (χ2v) is 18.4. The van der Waals surface area contributed by atoms with Gasteiger partial charge in [-0.15, -0.1) is 0 Å². The van der Waals surface area contributed by atoms with Gasteiger partial charge in [-0.25, -0.2) is 9.67 Å². The van der Waals surface area contributed by atoms with Crippen molar-refractivity contribution in [1.29, 1.82) is 0 Å². The molecule has 0 aliphatic rings. The quantitative estimate of drug-likeness (QED) is 0.120. The van der Waals surface area contributed by atoms with E-state index in [9.17, 15) is 9.59 Å². The Balaban J connectivity index is 1.42. The van der Waals surface area contributed by atoms with Crippen molar-refractivity contribution in [3.8, 4) is 11.6 Å². The molecule has 0 saturated carbocycles. The summed E-state index contributed by atoms with van der Waals surface area (Å²) in [7, 11) is 0.188. The van der Waals surface area contributed by atoms with Crippen LogP contribution in [0.3, 0.4) is 0 Å². The van der Waals surface area contributed by atoms with E-state index in [0.29, 0.717) is 18.2 Å². The summed E-state index contributed by atoms with van der Waals surface area (Å²) in [6.07, 6.45) is 3.49. The molecular formula is C29H38N4O5SSi. The Morgan fingerprint density at radius 1 is 1.15 bits per heavy atom. The Bertz CT molecular complexity index is 1520.